The van der Waals surface area contributed by atoms with Crippen molar-refractivity contribution in [1.82, 2.24) is 0 Å². The minimum absolute atomic E-state index is 0.181. The molecule has 1 saturated heterocycles. The second kappa shape index (κ2) is 7.75. The lowest BCUT2D eigenvalue weighted by molar-refractivity contribution is 0.306. The SMILES string of the molecule is C=C(N)c1ccc(N2CCC(CC(C)(C)c3ccc(Cl)cc3)CC2)cc1. The third kappa shape index (κ3) is 4.42. The van der Waals surface area contributed by atoms with E-state index < -0.39 is 0 Å². The van der Waals surface area contributed by atoms with E-state index in [2.05, 4.69) is 61.7 Å². The van der Waals surface area contributed by atoms with Gasteiger partial charge in [-0.2, -0.15) is 0 Å². The second-order valence-corrected chi connectivity index (χ2v) is 8.53. The third-order valence-corrected chi connectivity index (χ3v) is 5.89. The Labute approximate surface area is 162 Å². The van der Waals surface area contributed by atoms with Gasteiger partial charge < -0.3 is 10.6 Å². The van der Waals surface area contributed by atoms with Gasteiger partial charge in [-0.25, -0.2) is 0 Å². The number of hydrogen-bond acceptors (Lipinski definition) is 2. The molecule has 2 aromatic carbocycles. The Morgan fingerprint density at radius 1 is 1.08 bits per heavy atom. The fraction of sp³-hybridized carbons (Fsp3) is 0.391. The van der Waals surface area contributed by atoms with E-state index in [4.69, 9.17) is 17.3 Å². The summed E-state index contributed by atoms with van der Waals surface area (Å²) >= 11 is 6.04. The lowest BCUT2D eigenvalue weighted by atomic mass is 9.74. The highest BCUT2D eigenvalue weighted by Gasteiger charge is 2.28. The van der Waals surface area contributed by atoms with Gasteiger partial charge in [0.15, 0.2) is 0 Å². The van der Waals surface area contributed by atoms with E-state index in [-0.39, 0.29) is 5.41 Å². The van der Waals surface area contributed by atoms with Gasteiger partial charge in [-0.15, -0.1) is 0 Å². The number of rotatable bonds is 5. The summed E-state index contributed by atoms with van der Waals surface area (Å²) in [6.07, 6.45) is 3.69. The van der Waals surface area contributed by atoms with Crippen LogP contribution in [0.4, 0.5) is 5.69 Å². The smallest absolute Gasteiger partial charge is 0.0406 e. The summed E-state index contributed by atoms with van der Waals surface area (Å²) in [6, 6.07) is 16.8. The van der Waals surface area contributed by atoms with Crippen molar-refractivity contribution in [2.24, 2.45) is 11.7 Å². The molecule has 2 nitrogen and oxygen atoms in total. The molecule has 1 aliphatic heterocycles. The minimum atomic E-state index is 0.181. The molecule has 0 bridgehead atoms. The van der Waals surface area contributed by atoms with Crippen LogP contribution >= 0.6 is 11.6 Å². The van der Waals surface area contributed by atoms with Crippen molar-refractivity contribution in [2.75, 3.05) is 18.0 Å². The molecule has 1 aliphatic rings. The molecule has 0 amide bonds. The van der Waals surface area contributed by atoms with Crippen molar-refractivity contribution < 1.29 is 0 Å². The Kier molecular flexibility index (Phi) is 5.62. The van der Waals surface area contributed by atoms with Gasteiger partial charge in [-0.05, 0) is 66.0 Å². The lowest BCUT2D eigenvalue weighted by Crippen LogP contribution is -2.35. The van der Waals surface area contributed by atoms with Gasteiger partial charge in [0.1, 0.15) is 0 Å². The van der Waals surface area contributed by atoms with Crippen molar-refractivity contribution in [3.8, 4) is 0 Å². The van der Waals surface area contributed by atoms with Crippen LogP contribution in [0.15, 0.2) is 55.1 Å². The van der Waals surface area contributed by atoms with Crippen LogP contribution in [0.5, 0.6) is 0 Å². The molecular weight excluding hydrogens is 340 g/mol. The standard InChI is InChI=1S/C23H29ClN2/c1-17(25)19-4-10-22(11-5-19)26-14-12-18(13-15-26)16-23(2,3)20-6-8-21(24)9-7-20/h4-11,18H,1,12-16,25H2,2-3H3. The normalized spacial score (nSPS) is 15.9. The monoisotopic (exact) mass is 368 g/mol. The van der Waals surface area contributed by atoms with E-state index >= 15 is 0 Å². The first-order valence-corrected chi connectivity index (χ1v) is 9.79. The maximum absolute atomic E-state index is 6.04. The van der Waals surface area contributed by atoms with Gasteiger partial charge in [0.2, 0.25) is 0 Å². The van der Waals surface area contributed by atoms with Crippen LogP contribution in [0.2, 0.25) is 5.02 Å². The summed E-state index contributed by atoms with van der Waals surface area (Å²) in [5.74, 6) is 0.764. The first-order valence-electron chi connectivity index (χ1n) is 9.41. The van der Waals surface area contributed by atoms with Gasteiger partial charge in [-0.1, -0.05) is 56.3 Å². The summed E-state index contributed by atoms with van der Waals surface area (Å²) in [4.78, 5) is 2.48. The highest BCUT2D eigenvalue weighted by atomic mass is 35.5. The van der Waals surface area contributed by atoms with Crippen molar-refractivity contribution >= 4 is 23.0 Å². The zero-order valence-electron chi connectivity index (χ0n) is 15.8. The van der Waals surface area contributed by atoms with Crippen molar-refractivity contribution in [2.45, 2.75) is 38.5 Å². The zero-order valence-corrected chi connectivity index (χ0v) is 16.6. The Morgan fingerprint density at radius 2 is 1.65 bits per heavy atom. The quantitative estimate of drug-likeness (QED) is 0.716. The maximum Gasteiger partial charge on any atom is 0.0406 e. The van der Waals surface area contributed by atoms with E-state index in [1.807, 2.05) is 12.1 Å². The summed E-state index contributed by atoms with van der Waals surface area (Å²) in [6.45, 7) is 10.7. The molecule has 0 aromatic heterocycles. The number of piperidine rings is 1. The number of benzene rings is 2. The number of nitrogens with two attached hydrogens (primary N) is 1. The molecule has 0 atom stereocenters. The van der Waals surface area contributed by atoms with Crippen LogP contribution in [-0.2, 0) is 5.41 Å². The first-order chi connectivity index (χ1) is 12.3. The molecule has 138 valence electrons. The van der Waals surface area contributed by atoms with Gasteiger partial charge in [0.05, 0.1) is 0 Å². The molecule has 0 saturated carbocycles. The van der Waals surface area contributed by atoms with Gasteiger partial charge in [-0.3, -0.25) is 0 Å². The highest BCUT2D eigenvalue weighted by Crippen LogP contribution is 2.36. The van der Waals surface area contributed by atoms with Crippen molar-refractivity contribution in [3.05, 3.63) is 71.3 Å². The Bertz CT molecular complexity index is 739. The highest BCUT2D eigenvalue weighted by molar-refractivity contribution is 6.30. The average molecular weight is 369 g/mol. The average Bonchev–Trinajstić information content (AvgIpc) is 2.62. The van der Waals surface area contributed by atoms with E-state index in [9.17, 15) is 0 Å². The number of anilines is 1. The Balaban J connectivity index is 1.58. The van der Waals surface area contributed by atoms with Crippen LogP contribution in [-0.4, -0.2) is 13.1 Å². The molecule has 3 heteroatoms. The van der Waals surface area contributed by atoms with Crippen LogP contribution in [0.3, 0.4) is 0 Å². The van der Waals surface area contributed by atoms with Crippen molar-refractivity contribution in [3.63, 3.8) is 0 Å². The predicted molar refractivity (Wildman–Crippen MR) is 114 cm³/mol. The number of halogens is 1. The number of nitrogens with zero attached hydrogens (tertiary/aromatic N) is 1. The van der Waals surface area contributed by atoms with Crippen LogP contribution < -0.4 is 10.6 Å². The largest absolute Gasteiger partial charge is 0.399 e. The Hall–Kier alpha value is -1.93. The molecule has 1 heterocycles. The van der Waals surface area contributed by atoms with Crippen molar-refractivity contribution in [1.29, 1.82) is 0 Å². The van der Waals surface area contributed by atoms with E-state index in [0.29, 0.717) is 5.70 Å². The maximum atomic E-state index is 6.04. The van der Waals surface area contributed by atoms with E-state index in [1.54, 1.807) is 0 Å². The number of hydrogen-bond donors (Lipinski definition) is 1. The molecule has 2 aromatic rings. The van der Waals surface area contributed by atoms with Gasteiger partial charge >= 0.3 is 0 Å². The Morgan fingerprint density at radius 3 is 2.19 bits per heavy atom. The minimum Gasteiger partial charge on any atom is -0.399 e. The summed E-state index contributed by atoms with van der Waals surface area (Å²) in [5, 5.41) is 0.807. The lowest BCUT2D eigenvalue weighted by Gasteiger charge is -2.37. The molecule has 1 fully saturated rings. The van der Waals surface area contributed by atoms with Crippen LogP contribution in [0, 0.1) is 5.92 Å². The molecule has 0 unspecified atom stereocenters. The molecule has 0 spiro atoms. The topological polar surface area (TPSA) is 29.3 Å². The fourth-order valence-corrected chi connectivity index (χ4v) is 4.15. The fourth-order valence-electron chi connectivity index (χ4n) is 4.02. The third-order valence-electron chi connectivity index (χ3n) is 5.64. The van der Waals surface area contributed by atoms with E-state index in [1.165, 1.54) is 30.5 Å². The van der Waals surface area contributed by atoms with Gasteiger partial charge in [0.25, 0.3) is 0 Å². The zero-order chi connectivity index (χ0) is 18.7. The summed E-state index contributed by atoms with van der Waals surface area (Å²) in [5.41, 5.74) is 10.2. The summed E-state index contributed by atoms with van der Waals surface area (Å²) < 4.78 is 0. The second-order valence-electron chi connectivity index (χ2n) is 8.10. The molecule has 26 heavy (non-hydrogen) atoms. The molecule has 0 radical (unpaired) electrons. The summed E-state index contributed by atoms with van der Waals surface area (Å²) in [7, 11) is 0. The molecule has 2 N–H and O–H groups in total. The molecule has 0 aliphatic carbocycles. The molecule has 3 rings (SSSR count). The van der Waals surface area contributed by atoms with Crippen LogP contribution in [0.25, 0.3) is 5.70 Å². The first kappa shape index (κ1) is 18.8. The van der Waals surface area contributed by atoms with Crippen LogP contribution in [0.1, 0.15) is 44.2 Å². The molecular formula is C23H29ClN2. The van der Waals surface area contributed by atoms with Gasteiger partial charge in [0, 0.05) is 29.5 Å². The van der Waals surface area contributed by atoms with E-state index in [0.717, 1.165) is 29.6 Å². The predicted octanol–water partition coefficient (Wildman–Crippen LogP) is 5.85.